The highest BCUT2D eigenvalue weighted by Gasteiger charge is 2.37. The minimum atomic E-state index is -3.58. The summed E-state index contributed by atoms with van der Waals surface area (Å²) < 4.78 is 31.7. The molecule has 1 fully saturated rings. The number of fused-ring (bicyclic) bond motifs is 1. The zero-order valence-electron chi connectivity index (χ0n) is 15.8. The van der Waals surface area contributed by atoms with Gasteiger partial charge in [-0.25, -0.2) is 13.2 Å². The van der Waals surface area contributed by atoms with Crippen LogP contribution in [0.2, 0.25) is 0 Å². The lowest BCUT2D eigenvalue weighted by Crippen LogP contribution is -2.61. The van der Waals surface area contributed by atoms with Crippen LogP contribution >= 0.6 is 0 Å². The fourth-order valence-electron chi connectivity index (χ4n) is 3.30. The number of amides is 2. The average Bonchev–Trinajstić information content (AvgIpc) is 2.70. The Balaban J connectivity index is 1.36. The molecule has 29 heavy (non-hydrogen) atoms. The third kappa shape index (κ3) is 3.90. The van der Waals surface area contributed by atoms with Crippen molar-refractivity contribution in [2.24, 2.45) is 0 Å². The fraction of sp³-hybridized carbons (Fsp3) is 0.190. The molecule has 1 aliphatic rings. The van der Waals surface area contributed by atoms with Crippen molar-refractivity contribution in [2.45, 2.75) is 10.9 Å². The zero-order valence-corrected chi connectivity index (χ0v) is 16.6. The quantitative estimate of drug-likeness (QED) is 0.676. The van der Waals surface area contributed by atoms with Crippen LogP contribution in [0.5, 0.6) is 5.75 Å². The molecule has 0 saturated carbocycles. The molecule has 0 aromatic heterocycles. The van der Waals surface area contributed by atoms with Crippen LogP contribution in [-0.4, -0.2) is 45.0 Å². The third-order valence-electron chi connectivity index (χ3n) is 4.92. The smallest absolute Gasteiger partial charge is 0.319 e. The van der Waals surface area contributed by atoms with Crippen LogP contribution in [0.3, 0.4) is 0 Å². The highest BCUT2D eigenvalue weighted by atomic mass is 32.2. The molecule has 8 heteroatoms. The summed E-state index contributed by atoms with van der Waals surface area (Å²) in [4.78, 5) is 12.6. The number of urea groups is 1. The maximum absolute atomic E-state index is 12.6. The van der Waals surface area contributed by atoms with Crippen molar-refractivity contribution in [2.75, 3.05) is 25.5 Å². The van der Waals surface area contributed by atoms with Gasteiger partial charge in [0.25, 0.3) is 0 Å². The van der Waals surface area contributed by atoms with Crippen LogP contribution in [0.1, 0.15) is 0 Å². The summed E-state index contributed by atoms with van der Waals surface area (Å²) >= 11 is 0. The van der Waals surface area contributed by atoms with Crippen molar-refractivity contribution in [3.05, 3.63) is 66.7 Å². The molecule has 1 saturated heterocycles. The van der Waals surface area contributed by atoms with Gasteiger partial charge in [0.05, 0.1) is 23.7 Å². The number of nitrogens with one attached hydrogen (secondary N) is 2. The van der Waals surface area contributed by atoms with E-state index in [1.54, 1.807) is 12.1 Å². The van der Waals surface area contributed by atoms with Crippen LogP contribution in [-0.2, 0) is 10.0 Å². The van der Waals surface area contributed by atoms with E-state index in [0.29, 0.717) is 11.4 Å². The molecule has 150 valence electrons. The number of carbonyl (C=O) groups is 1. The molecule has 2 amide bonds. The molecule has 1 heterocycles. The summed E-state index contributed by atoms with van der Waals surface area (Å²) in [6, 6.07) is 19.1. The predicted molar refractivity (Wildman–Crippen MR) is 112 cm³/mol. The molecule has 2 N–H and O–H groups in total. The number of sulfonamides is 1. The van der Waals surface area contributed by atoms with E-state index < -0.39 is 10.0 Å². The Kier molecular flexibility index (Phi) is 5.12. The summed E-state index contributed by atoms with van der Waals surface area (Å²) in [6.45, 7) is 0.467. The van der Waals surface area contributed by atoms with Crippen molar-refractivity contribution in [1.82, 2.24) is 9.62 Å². The van der Waals surface area contributed by atoms with Gasteiger partial charge in [-0.2, -0.15) is 4.31 Å². The Bertz CT molecular complexity index is 1130. The van der Waals surface area contributed by atoms with E-state index in [0.717, 1.165) is 10.8 Å². The Hall–Kier alpha value is -3.10. The molecule has 7 nitrogen and oxygen atoms in total. The van der Waals surface area contributed by atoms with Gasteiger partial charge in [-0.05, 0) is 35.7 Å². The number of carbonyl (C=O) groups excluding carboxylic acids is 1. The molecule has 1 aliphatic heterocycles. The van der Waals surface area contributed by atoms with Gasteiger partial charge in [-0.1, -0.05) is 36.4 Å². The highest BCUT2D eigenvalue weighted by Crippen LogP contribution is 2.25. The highest BCUT2D eigenvalue weighted by molar-refractivity contribution is 7.89. The monoisotopic (exact) mass is 411 g/mol. The molecule has 0 atom stereocenters. The van der Waals surface area contributed by atoms with E-state index >= 15 is 0 Å². The molecular formula is C21H21N3O4S. The lowest BCUT2D eigenvalue weighted by Gasteiger charge is -2.38. The number of ether oxygens (including phenoxy) is 1. The molecule has 0 spiro atoms. The second kappa shape index (κ2) is 7.73. The van der Waals surface area contributed by atoms with E-state index in [9.17, 15) is 13.2 Å². The van der Waals surface area contributed by atoms with E-state index in [1.165, 1.54) is 23.5 Å². The van der Waals surface area contributed by atoms with Crippen molar-refractivity contribution >= 4 is 32.5 Å². The normalized spacial score (nSPS) is 14.9. The molecular weight excluding hydrogens is 390 g/mol. The van der Waals surface area contributed by atoms with Gasteiger partial charge in [-0.15, -0.1) is 0 Å². The number of anilines is 1. The van der Waals surface area contributed by atoms with Crippen molar-refractivity contribution in [3.8, 4) is 5.75 Å². The minimum Gasteiger partial charge on any atom is -0.497 e. The van der Waals surface area contributed by atoms with E-state index in [4.69, 9.17) is 4.74 Å². The van der Waals surface area contributed by atoms with Crippen molar-refractivity contribution < 1.29 is 17.9 Å². The van der Waals surface area contributed by atoms with Gasteiger partial charge in [0, 0.05) is 18.5 Å². The van der Waals surface area contributed by atoms with Crippen LogP contribution in [0.4, 0.5) is 10.5 Å². The number of rotatable bonds is 5. The number of methoxy groups -OCH3 is 1. The van der Waals surface area contributed by atoms with Gasteiger partial charge in [-0.3, -0.25) is 0 Å². The van der Waals surface area contributed by atoms with Crippen molar-refractivity contribution in [3.63, 3.8) is 0 Å². The summed E-state index contributed by atoms with van der Waals surface area (Å²) in [5.41, 5.74) is 0.711. The summed E-state index contributed by atoms with van der Waals surface area (Å²) in [5.74, 6) is 0.595. The van der Waals surface area contributed by atoms with E-state index in [2.05, 4.69) is 10.6 Å². The first-order valence-corrected chi connectivity index (χ1v) is 10.6. The number of nitrogens with zero attached hydrogens (tertiary/aromatic N) is 1. The molecule has 3 aromatic rings. The van der Waals surface area contributed by atoms with Gasteiger partial charge in [0.15, 0.2) is 0 Å². The number of benzene rings is 3. The summed E-state index contributed by atoms with van der Waals surface area (Å²) in [5, 5.41) is 7.66. The Labute approximate surface area is 169 Å². The Morgan fingerprint density at radius 3 is 2.41 bits per heavy atom. The van der Waals surface area contributed by atoms with Gasteiger partial charge in [0.1, 0.15) is 5.75 Å². The largest absolute Gasteiger partial charge is 0.497 e. The maximum atomic E-state index is 12.6. The van der Waals surface area contributed by atoms with Crippen LogP contribution in [0.25, 0.3) is 10.8 Å². The van der Waals surface area contributed by atoms with Crippen molar-refractivity contribution in [1.29, 1.82) is 0 Å². The standard InChI is InChI=1S/C21H21N3O4S/c1-28-17-9-11-18(12-10-17)29(26,27)24-13-16(14-24)22-21(25)23-20-8-4-6-15-5-2-3-7-19(15)20/h2-12,16H,13-14H2,1H3,(H2,22,23,25). The predicted octanol–water partition coefficient (Wildman–Crippen LogP) is 3.04. The molecule has 4 rings (SSSR count). The minimum absolute atomic E-state index is 0.206. The lowest BCUT2D eigenvalue weighted by molar-refractivity contribution is 0.213. The second-order valence-corrected chi connectivity index (χ2v) is 8.76. The number of hydrogen-bond donors (Lipinski definition) is 2. The van der Waals surface area contributed by atoms with Gasteiger partial charge < -0.3 is 15.4 Å². The molecule has 3 aromatic carbocycles. The van der Waals surface area contributed by atoms with Crippen LogP contribution in [0.15, 0.2) is 71.6 Å². The maximum Gasteiger partial charge on any atom is 0.319 e. The van der Waals surface area contributed by atoms with Gasteiger partial charge >= 0.3 is 6.03 Å². The van der Waals surface area contributed by atoms with Crippen LogP contribution in [0, 0.1) is 0 Å². The summed E-state index contributed by atoms with van der Waals surface area (Å²) in [6.07, 6.45) is 0. The molecule has 0 unspecified atom stereocenters. The topological polar surface area (TPSA) is 87.7 Å². The Morgan fingerprint density at radius 2 is 1.69 bits per heavy atom. The summed E-state index contributed by atoms with van der Waals surface area (Å²) in [7, 11) is -2.05. The SMILES string of the molecule is COc1ccc(S(=O)(=O)N2CC(NC(=O)Nc3cccc4ccccc34)C2)cc1. The lowest BCUT2D eigenvalue weighted by atomic mass is 10.1. The molecule has 0 bridgehead atoms. The van der Waals surface area contributed by atoms with Crippen LogP contribution < -0.4 is 15.4 Å². The van der Waals surface area contributed by atoms with Gasteiger partial charge in [0.2, 0.25) is 10.0 Å². The zero-order chi connectivity index (χ0) is 20.4. The first-order valence-electron chi connectivity index (χ1n) is 9.17. The third-order valence-corrected chi connectivity index (χ3v) is 6.76. The average molecular weight is 411 g/mol. The van der Waals surface area contributed by atoms with E-state index in [1.807, 2.05) is 42.5 Å². The fourth-order valence-corrected chi connectivity index (χ4v) is 4.83. The first-order chi connectivity index (χ1) is 14.0. The first kappa shape index (κ1) is 19.2. The molecule has 0 radical (unpaired) electrons. The Morgan fingerprint density at radius 1 is 1.00 bits per heavy atom. The molecule has 0 aliphatic carbocycles. The number of hydrogen-bond acceptors (Lipinski definition) is 4. The van der Waals surface area contributed by atoms with E-state index in [-0.39, 0.29) is 30.1 Å². The second-order valence-electron chi connectivity index (χ2n) is 6.82.